The Morgan fingerprint density at radius 3 is 2.89 bits per heavy atom. The number of aryl methyl sites for hydroxylation is 2. The maximum atomic E-state index is 6.00. The number of anilines is 3. The van der Waals surface area contributed by atoms with Crippen molar-refractivity contribution in [2.24, 2.45) is 0 Å². The average Bonchev–Trinajstić information content (AvgIpc) is 2.76. The molecule has 2 heterocycles. The highest BCUT2D eigenvalue weighted by Gasteiger charge is 2.08. The van der Waals surface area contributed by atoms with Gasteiger partial charge in [0.05, 0.1) is 15.9 Å². The molecule has 0 amide bonds. The molecule has 0 atom stereocenters. The van der Waals surface area contributed by atoms with Gasteiger partial charge in [-0.05, 0) is 43.2 Å². The molecule has 1 aromatic carbocycles. The summed E-state index contributed by atoms with van der Waals surface area (Å²) in [5.41, 5.74) is 9.90. The van der Waals surface area contributed by atoms with E-state index in [0.29, 0.717) is 11.5 Å². The van der Waals surface area contributed by atoms with Crippen molar-refractivity contribution < 1.29 is 0 Å². The lowest BCUT2D eigenvalue weighted by atomic mass is 10.2. The van der Waals surface area contributed by atoms with Gasteiger partial charge in [0.1, 0.15) is 0 Å². The first-order chi connectivity index (χ1) is 9.13. The van der Waals surface area contributed by atoms with Gasteiger partial charge >= 0.3 is 0 Å². The van der Waals surface area contributed by atoms with Gasteiger partial charge in [-0.1, -0.05) is 17.4 Å². The van der Waals surface area contributed by atoms with Crippen molar-refractivity contribution >= 4 is 38.2 Å². The number of pyridine rings is 1. The Hall–Kier alpha value is -2.14. The summed E-state index contributed by atoms with van der Waals surface area (Å²) in [6.45, 7) is 4.04. The van der Waals surface area contributed by atoms with Crippen LogP contribution in [0.15, 0.2) is 30.5 Å². The molecule has 0 radical (unpaired) electrons. The molecule has 0 spiro atoms. The molecule has 5 heteroatoms. The van der Waals surface area contributed by atoms with Gasteiger partial charge in [-0.3, -0.25) is 0 Å². The van der Waals surface area contributed by atoms with Crippen LogP contribution in [0.25, 0.3) is 10.2 Å². The summed E-state index contributed by atoms with van der Waals surface area (Å²) in [4.78, 5) is 8.78. The lowest BCUT2D eigenvalue weighted by Gasteiger charge is -2.06. The third-order valence-corrected chi connectivity index (χ3v) is 3.91. The van der Waals surface area contributed by atoms with Crippen LogP contribution in [0, 0.1) is 13.8 Å². The predicted molar refractivity (Wildman–Crippen MR) is 81.0 cm³/mol. The normalized spacial score (nSPS) is 10.8. The van der Waals surface area contributed by atoms with Gasteiger partial charge in [-0.2, -0.15) is 0 Å². The molecule has 2 aromatic heterocycles. The number of fused-ring (bicyclic) bond motifs is 1. The van der Waals surface area contributed by atoms with Crippen LogP contribution >= 0.6 is 11.3 Å². The minimum Gasteiger partial charge on any atom is -0.396 e. The van der Waals surface area contributed by atoms with E-state index in [1.54, 1.807) is 17.5 Å². The number of benzene rings is 1. The highest BCUT2D eigenvalue weighted by Crippen LogP contribution is 2.30. The highest BCUT2D eigenvalue weighted by molar-refractivity contribution is 7.22. The molecule has 0 bridgehead atoms. The highest BCUT2D eigenvalue weighted by atomic mass is 32.1. The fourth-order valence-electron chi connectivity index (χ4n) is 1.86. The first-order valence-corrected chi connectivity index (χ1v) is 6.80. The third kappa shape index (κ3) is 2.24. The number of nitrogens with two attached hydrogens (primary N) is 1. The van der Waals surface area contributed by atoms with Crippen LogP contribution < -0.4 is 11.1 Å². The second-order valence-electron chi connectivity index (χ2n) is 4.51. The van der Waals surface area contributed by atoms with Gasteiger partial charge in [0.15, 0.2) is 10.9 Å². The quantitative estimate of drug-likeness (QED) is 0.746. The Morgan fingerprint density at radius 1 is 1.21 bits per heavy atom. The fraction of sp³-hybridized carbons (Fsp3) is 0.143. The molecular formula is C14H14N4S. The SMILES string of the molecule is Cc1ccc2nc(Nc3nccc(C)c3N)sc2c1. The van der Waals surface area contributed by atoms with Gasteiger partial charge in [-0.15, -0.1) is 0 Å². The van der Waals surface area contributed by atoms with Crippen LogP contribution in [0.5, 0.6) is 0 Å². The smallest absolute Gasteiger partial charge is 0.189 e. The van der Waals surface area contributed by atoms with Gasteiger partial charge in [0.2, 0.25) is 0 Å². The van der Waals surface area contributed by atoms with Gasteiger partial charge < -0.3 is 11.1 Å². The molecule has 0 saturated heterocycles. The molecule has 0 aliphatic carbocycles. The summed E-state index contributed by atoms with van der Waals surface area (Å²) >= 11 is 1.60. The van der Waals surface area contributed by atoms with Gasteiger partial charge in [-0.25, -0.2) is 9.97 Å². The van der Waals surface area contributed by atoms with E-state index < -0.39 is 0 Å². The van der Waals surface area contributed by atoms with Gasteiger partial charge in [0.25, 0.3) is 0 Å². The van der Waals surface area contributed by atoms with Crippen LogP contribution in [-0.2, 0) is 0 Å². The molecule has 0 unspecified atom stereocenters. The number of aromatic nitrogens is 2. The van der Waals surface area contributed by atoms with E-state index >= 15 is 0 Å². The summed E-state index contributed by atoms with van der Waals surface area (Å²) in [5.74, 6) is 0.663. The second-order valence-corrected chi connectivity index (χ2v) is 5.54. The Labute approximate surface area is 115 Å². The van der Waals surface area contributed by atoms with Crippen LogP contribution in [0.1, 0.15) is 11.1 Å². The van der Waals surface area contributed by atoms with Crippen molar-refractivity contribution in [1.82, 2.24) is 9.97 Å². The van der Waals surface area contributed by atoms with Crippen molar-refractivity contribution in [3.05, 3.63) is 41.6 Å². The van der Waals surface area contributed by atoms with Crippen LogP contribution in [0.4, 0.5) is 16.6 Å². The van der Waals surface area contributed by atoms with E-state index in [4.69, 9.17) is 5.73 Å². The van der Waals surface area contributed by atoms with E-state index in [1.807, 2.05) is 19.1 Å². The maximum Gasteiger partial charge on any atom is 0.189 e. The molecule has 0 aliphatic rings. The van der Waals surface area contributed by atoms with E-state index in [-0.39, 0.29) is 0 Å². The molecule has 0 aliphatic heterocycles. The van der Waals surface area contributed by atoms with Crippen LogP contribution in [0.3, 0.4) is 0 Å². The summed E-state index contributed by atoms with van der Waals surface area (Å²) in [7, 11) is 0. The Bertz CT molecular complexity index is 748. The van der Waals surface area contributed by atoms with Crippen LogP contribution in [0.2, 0.25) is 0 Å². The number of hydrogen-bond donors (Lipinski definition) is 2. The monoisotopic (exact) mass is 270 g/mol. The molecule has 19 heavy (non-hydrogen) atoms. The standard InChI is InChI=1S/C14H14N4S/c1-8-3-4-10-11(7-8)19-14(17-10)18-13-12(15)9(2)5-6-16-13/h3-7H,15H2,1-2H3,(H,16,17,18). The Kier molecular flexibility index (Phi) is 2.83. The first kappa shape index (κ1) is 11.9. The number of nitrogens with zero attached hydrogens (tertiary/aromatic N) is 2. The number of hydrogen-bond acceptors (Lipinski definition) is 5. The zero-order chi connectivity index (χ0) is 13.4. The third-order valence-electron chi connectivity index (χ3n) is 2.98. The fourth-order valence-corrected chi connectivity index (χ4v) is 2.82. The molecular weight excluding hydrogens is 256 g/mol. The molecule has 3 rings (SSSR count). The largest absolute Gasteiger partial charge is 0.396 e. The molecule has 3 aromatic rings. The van der Waals surface area contributed by atoms with Crippen molar-refractivity contribution in [1.29, 1.82) is 0 Å². The van der Waals surface area contributed by atoms with Crippen molar-refractivity contribution in [3.8, 4) is 0 Å². The molecule has 0 saturated carbocycles. The van der Waals surface area contributed by atoms with E-state index in [1.165, 1.54) is 5.56 Å². The van der Waals surface area contributed by atoms with E-state index in [9.17, 15) is 0 Å². The predicted octanol–water partition coefficient (Wildman–Crippen LogP) is 3.63. The van der Waals surface area contributed by atoms with Crippen molar-refractivity contribution in [2.75, 3.05) is 11.1 Å². The van der Waals surface area contributed by atoms with E-state index in [2.05, 4.69) is 34.3 Å². The van der Waals surface area contributed by atoms with Crippen LogP contribution in [-0.4, -0.2) is 9.97 Å². The first-order valence-electron chi connectivity index (χ1n) is 5.99. The molecule has 3 N–H and O–H groups in total. The minimum absolute atomic E-state index is 0.663. The molecule has 96 valence electrons. The number of nitrogens with one attached hydrogen (secondary N) is 1. The second kappa shape index (κ2) is 4.51. The average molecular weight is 270 g/mol. The summed E-state index contributed by atoms with van der Waals surface area (Å²) in [6.07, 6.45) is 1.74. The van der Waals surface area contributed by atoms with Crippen molar-refractivity contribution in [3.63, 3.8) is 0 Å². The topological polar surface area (TPSA) is 63.8 Å². The maximum absolute atomic E-state index is 6.00. The number of nitrogen functional groups attached to an aromatic ring is 1. The summed E-state index contributed by atoms with van der Waals surface area (Å²) in [5, 5.41) is 4.00. The van der Waals surface area contributed by atoms with Gasteiger partial charge in [0, 0.05) is 6.20 Å². The van der Waals surface area contributed by atoms with Crippen molar-refractivity contribution in [2.45, 2.75) is 13.8 Å². The minimum atomic E-state index is 0.663. The molecule has 4 nitrogen and oxygen atoms in total. The number of rotatable bonds is 2. The Balaban J connectivity index is 1.99. The molecule has 0 fully saturated rings. The summed E-state index contributed by atoms with van der Waals surface area (Å²) < 4.78 is 1.16. The number of thiazole rings is 1. The Morgan fingerprint density at radius 2 is 2.05 bits per heavy atom. The zero-order valence-corrected chi connectivity index (χ0v) is 11.6. The lowest BCUT2D eigenvalue weighted by molar-refractivity contribution is 1.27. The zero-order valence-electron chi connectivity index (χ0n) is 10.8. The van der Waals surface area contributed by atoms with E-state index in [0.717, 1.165) is 20.9 Å². The summed E-state index contributed by atoms with van der Waals surface area (Å²) in [6, 6.07) is 8.11. The lowest BCUT2D eigenvalue weighted by Crippen LogP contribution is -2.00.